The van der Waals surface area contributed by atoms with Gasteiger partial charge in [0.05, 0.1) is 17.3 Å². The number of hydrogen-bond acceptors (Lipinski definition) is 4. The molecule has 2 amide bonds. The van der Waals surface area contributed by atoms with Crippen molar-refractivity contribution < 1.29 is 9.59 Å². The summed E-state index contributed by atoms with van der Waals surface area (Å²) in [7, 11) is 0. The minimum absolute atomic E-state index is 0.262. The van der Waals surface area contributed by atoms with Crippen LogP contribution in [0.2, 0.25) is 10.0 Å². The molecule has 0 aliphatic carbocycles. The Labute approximate surface area is 147 Å². The van der Waals surface area contributed by atoms with E-state index in [0.29, 0.717) is 15.7 Å². The molecule has 23 heavy (non-hydrogen) atoms. The number of amides is 2. The van der Waals surface area contributed by atoms with E-state index in [-0.39, 0.29) is 17.7 Å². The van der Waals surface area contributed by atoms with Crippen LogP contribution in [0.4, 0.5) is 10.5 Å². The second-order valence-corrected chi connectivity index (χ2v) is 6.84. The predicted octanol–water partition coefficient (Wildman–Crippen LogP) is 4.63. The molecule has 1 heterocycles. The highest BCUT2D eigenvalue weighted by Crippen LogP contribution is 2.32. The van der Waals surface area contributed by atoms with E-state index >= 15 is 0 Å². The van der Waals surface area contributed by atoms with E-state index in [1.54, 1.807) is 18.2 Å². The average Bonchev–Trinajstić information content (AvgIpc) is 2.79. The van der Waals surface area contributed by atoms with Gasteiger partial charge in [0, 0.05) is 5.02 Å². The van der Waals surface area contributed by atoms with Gasteiger partial charge in [-0.15, -0.1) is 0 Å². The lowest BCUT2D eigenvalue weighted by Crippen LogP contribution is -2.33. The predicted molar refractivity (Wildman–Crippen MR) is 93.9 cm³/mol. The summed E-state index contributed by atoms with van der Waals surface area (Å²) in [5, 5.41) is 2.94. The summed E-state index contributed by atoms with van der Waals surface area (Å²) in [6.07, 6.45) is 0. The largest absolute Gasteiger partial charge is 0.364 e. The molecule has 2 aromatic rings. The Morgan fingerprint density at radius 3 is 2.52 bits per heavy atom. The number of imide groups is 1. The van der Waals surface area contributed by atoms with Crippen LogP contribution >= 0.6 is 35.0 Å². The van der Waals surface area contributed by atoms with Crippen molar-refractivity contribution in [3.05, 3.63) is 64.1 Å². The van der Waals surface area contributed by atoms with Gasteiger partial charge in [-0.05, 0) is 35.5 Å². The maximum Gasteiger partial charge on any atom is 0.291 e. The maximum absolute atomic E-state index is 12.5. The molecule has 1 saturated heterocycles. The summed E-state index contributed by atoms with van der Waals surface area (Å²) >= 11 is 12.9. The van der Waals surface area contributed by atoms with Crippen molar-refractivity contribution in [3.63, 3.8) is 0 Å². The Hall–Kier alpha value is -1.69. The minimum atomic E-state index is -0.690. The monoisotopic (exact) mass is 366 g/mol. The summed E-state index contributed by atoms with van der Waals surface area (Å²) in [5.41, 5.74) is 1.47. The molecule has 2 aromatic carbocycles. The van der Waals surface area contributed by atoms with Crippen LogP contribution in [0.15, 0.2) is 48.5 Å². The second kappa shape index (κ2) is 6.83. The number of rotatable bonds is 4. The Bertz CT molecular complexity index is 755. The molecule has 0 saturated carbocycles. The molecule has 3 rings (SSSR count). The fraction of sp³-hybridized carbons (Fsp3) is 0.125. The molecule has 1 unspecified atom stereocenters. The Morgan fingerprint density at radius 1 is 1.09 bits per heavy atom. The molecule has 7 heteroatoms. The fourth-order valence-electron chi connectivity index (χ4n) is 2.19. The summed E-state index contributed by atoms with van der Waals surface area (Å²) < 4.78 is 0. The molecule has 0 spiro atoms. The van der Waals surface area contributed by atoms with Gasteiger partial charge in [0.25, 0.3) is 11.1 Å². The first-order valence-electron chi connectivity index (χ1n) is 6.82. The molecule has 118 valence electrons. The van der Waals surface area contributed by atoms with Crippen molar-refractivity contribution in [3.8, 4) is 0 Å². The highest BCUT2D eigenvalue weighted by atomic mass is 35.5. The molecule has 0 radical (unpaired) electrons. The highest BCUT2D eigenvalue weighted by molar-refractivity contribution is 8.15. The van der Waals surface area contributed by atoms with E-state index in [9.17, 15) is 9.59 Å². The van der Waals surface area contributed by atoms with E-state index in [0.717, 1.165) is 17.3 Å². The number of carbonyl (C=O) groups excluding carboxylic acids is 2. The fourth-order valence-corrected chi connectivity index (χ4v) is 3.55. The maximum atomic E-state index is 12.5. The summed E-state index contributed by atoms with van der Waals surface area (Å²) in [6, 6.07) is 14.3. The molecular weight excluding hydrogens is 355 g/mol. The summed E-state index contributed by atoms with van der Waals surface area (Å²) in [5.74, 6) is -0.283. The Kier molecular flexibility index (Phi) is 4.80. The molecule has 0 bridgehead atoms. The van der Waals surface area contributed by atoms with Gasteiger partial charge in [-0.3, -0.25) is 14.5 Å². The molecule has 1 aliphatic rings. The molecule has 1 fully saturated rings. The van der Waals surface area contributed by atoms with Crippen molar-refractivity contribution in [1.82, 2.24) is 4.90 Å². The molecule has 1 aliphatic heterocycles. The minimum Gasteiger partial charge on any atom is -0.364 e. The normalized spacial score (nSPS) is 17.7. The SMILES string of the molecule is O=C1SC(Nc2ccc(Cl)cc2Cl)C(=O)N1Cc1ccccc1. The zero-order valence-electron chi connectivity index (χ0n) is 11.8. The van der Waals surface area contributed by atoms with Crippen LogP contribution in [-0.4, -0.2) is 21.4 Å². The van der Waals surface area contributed by atoms with Crippen LogP contribution in [0.3, 0.4) is 0 Å². The van der Waals surface area contributed by atoms with Crippen LogP contribution < -0.4 is 5.32 Å². The number of thioether (sulfide) groups is 1. The lowest BCUT2D eigenvalue weighted by Gasteiger charge is -2.15. The van der Waals surface area contributed by atoms with E-state index in [1.807, 2.05) is 30.3 Å². The van der Waals surface area contributed by atoms with Gasteiger partial charge in [-0.25, -0.2) is 0 Å². The summed E-state index contributed by atoms with van der Waals surface area (Å²) in [6.45, 7) is 0.262. The molecular formula is C16H12Cl2N2O2S. The number of halogens is 2. The number of anilines is 1. The van der Waals surface area contributed by atoms with Crippen LogP contribution in [-0.2, 0) is 11.3 Å². The van der Waals surface area contributed by atoms with Gasteiger partial charge >= 0.3 is 0 Å². The first-order valence-corrected chi connectivity index (χ1v) is 8.45. The van der Waals surface area contributed by atoms with Crippen molar-refractivity contribution in [2.45, 2.75) is 11.9 Å². The molecule has 1 N–H and O–H groups in total. The van der Waals surface area contributed by atoms with Gasteiger partial charge in [0.1, 0.15) is 0 Å². The average molecular weight is 367 g/mol. The third-order valence-corrected chi connectivity index (χ3v) is 4.86. The lowest BCUT2D eigenvalue weighted by atomic mass is 10.2. The van der Waals surface area contributed by atoms with E-state index in [4.69, 9.17) is 23.2 Å². The van der Waals surface area contributed by atoms with Gasteiger partial charge in [0.15, 0.2) is 5.37 Å². The van der Waals surface area contributed by atoms with Gasteiger partial charge in [0.2, 0.25) is 0 Å². The Balaban J connectivity index is 1.73. The third-order valence-electron chi connectivity index (χ3n) is 3.33. The molecule has 1 atom stereocenters. The number of carbonyl (C=O) groups is 2. The number of nitrogens with zero attached hydrogens (tertiary/aromatic N) is 1. The highest BCUT2D eigenvalue weighted by Gasteiger charge is 2.39. The van der Waals surface area contributed by atoms with Crippen LogP contribution in [0.25, 0.3) is 0 Å². The lowest BCUT2D eigenvalue weighted by molar-refractivity contribution is -0.126. The number of nitrogens with one attached hydrogen (secondary N) is 1. The first-order chi connectivity index (χ1) is 11.0. The topological polar surface area (TPSA) is 49.4 Å². The van der Waals surface area contributed by atoms with E-state index in [1.165, 1.54) is 4.90 Å². The van der Waals surface area contributed by atoms with Crippen molar-refractivity contribution >= 4 is 51.8 Å². The van der Waals surface area contributed by atoms with Crippen LogP contribution in [0, 0.1) is 0 Å². The first kappa shape index (κ1) is 16.2. The second-order valence-electron chi connectivity index (χ2n) is 4.94. The standard InChI is InChI=1S/C16H12Cl2N2O2S/c17-11-6-7-13(12(18)8-11)19-14-15(21)20(16(22)23-14)9-10-4-2-1-3-5-10/h1-8,14,19H,9H2. The van der Waals surface area contributed by atoms with Crippen molar-refractivity contribution in [2.75, 3.05) is 5.32 Å². The van der Waals surface area contributed by atoms with Gasteiger partial charge < -0.3 is 5.32 Å². The van der Waals surface area contributed by atoms with E-state index in [2.05, 4.69) is 5.32 Å². The van der Waals surface area contributed by atoms with Crippen LogP contribution in [0.1, 0.15) is 5.56 Å². The van der Waals surface area contributed by atoms with Crippen molar-refractivity contribution in [1.29, 1.82) is 0 Å². The van der Waals surface area contributed by atoms with Crippen LogP contribution in [0.5, 0.6) is 0 Å². The zero-order chi connectivity index (χ0) is 16.4. The smallest absolute Gasteiger partial charge is 0.291 e. The van der Waals surface area contributed by atoms with Gasteiger partial charge in [-0.2, -0.15) is 0 Å². The van der Waals surface area contributed by atoms with Crippen molar-refractivity contribution in [2.24, 2.45) is 0 Å². The summed E-state index contributed by atoms with van der Waals surface area (Å²) in [4.78, 5) is 25.8. The van der Waals surface area contributed by atoms with Gasteiger partial charge in [-0.1, -0.05) is 53.5 Å². The number of hydrogen-bond donors (Lipinski definition) is 1. The zero-order valence-corrected chi connectivity index (χ0v) is 14.2. The van der Waals surface area contributed by atoms with E-state index < -0.39 is 5.37 Å². The molecule has 4 nitrogen and oxygen atoms in total. The number of benzene rings is 2. The Morgan fingerprint density at radius 2 is 1.83 bits per heavy atom. The third kappa shape index (κ3) is 3.63. The molecule has 0 aromatic heterocycles. The quantitative estimate of drug-likeness (QED) is 0.856.